The predicted molar refractivity (Wildman–Crippen MR) is 50.1 cm³/mol. The molecule has 1 N–H and O–H groups in total. The van der Waals surface area contributed by atoms with E-state index in [2.05, 4.69) is 19.2 Å². The van der Waals surface area contributed by atoms with Crippen LogP contribution < -0.4 is 5.32 Å². The van der Waals surface area contributed by atoms with Crippen LogP contribution >= 0.6 is 0 Å². The first-order valence-corrected chi connectivity index (χ1v) is 4.93. The van der Waals surface area contributed by atoms with Crippen LogP contribution in [0.3, 0.4) is 0 Å². The molecule has 0 heterocycles. The summed E-state index contributed by atoms with van der Waals surface area (Å²) in [5.74, 6) is 0.343. The maximum atomic E-state index is 10.5. The molecule has 0 saturated heterocycles. The van der Waals surface area contributed by atoms with Gasteiger partial charge in [0, 0.05) is 18.0 Å². The molecule has 0 atom stereocenters. The SMILES string of the molecule is CC(C)NC1CCC(C=O)CC1. The van der Waals surface area contributed by atoms with Gasteiger partial charge in [-0.25, -0.2) is 0 Å². The normalized spacial score (nSPS) is 30.6. The van der Waals surface area contributed by atoms with Crippen molar-refractivity contribution in [3.8, 4) is 0 Å². The summed E-state index contributed by atoms with van der Waals surface area (Å²) in [6.07, 6.45) is 5.61. The van der Waals surface area contributed by atoms with Gasteiger partial charge in [0.1, 0.15) is 6.29 Å². The van der Waals surface area contributed by atoms with E-state index in [4.69, 9.17) is 0 Å². The topological polar surface area (TPSA) is 29.1 Å². The summed E-state index contributed by atoms with van der Waals surface area (Å²) in [6.45, 7) is 4.34. The molecule has 1 aliphatic rings. The van der Waals surface area contributed by atoms with E-state index in [-0.39, 0.29) is 0 Å². The van der Waals surface area contributed by atoms with Crippen molar-refractivity contribution in [3.05, 3.63) is 0 Å². The number of carbonyl (C=O) groups is 1. The zero-order valence-corrected chi connectivity index (χ0v) is 8.05. The fourth-order valence-electron chi connectivity index (χ4n) is 1.89. The third-order valence-electron chi connectivity index (χ3n) is 2.53. The van der Waals surface area contributed by atoms with Crippen molar-refractivity contribution in [2.24, 2.45) is 5.92 Å². The highest BCUT2D eigenvalue weighted by atomic mass is 16.1. The van der Waals surface area contributed by atoms with Gasteiger partial charge in [-0.15, -0.1) is 0 Å². The molecule has 1 aliphatic carbocycles. The Balaban J connectivity index is 2.21. The van der Waals surface area contributed by atoms with Crippen molar-refractivity contribution in [3.63, 3.8) is 0 Å². The minimum absolute atomic E-state index is 0.343. The minimum Gasteiger partial charge on any atom is -0.312 e. The lowest BCUT2D eigenvalue weighted by Crippen LogP contribution is -2.37. The number of rotatable bonds is 3. The van der Waals surface area contributed by atoms with Gasteiger partial charge in [0.2, 0.25) is 0 Å². The van der Waals surface area contributed by atoms with Crippen molar-refractivity contribution < 1.29 is 4.79 Å². The first kappa shape index (κ1) is 9.72. The Bertz CT molecular complexity index is 137. The molecule has 1 rings (SSSR count). The van der Waals surface area contributed by atoms with Crippen molar-refractivity contribution >= 4 is 6.29 Å². The van der Waals surface area contributed by atoms with E-state index in [1.807, 2.05) is 0 Å². The summed E-state index contributed by atoms with van der Waals surface area (Å²) >= 11 is 0. The number of aldehydes is 1. The van der Waals surface area contributed by atoms with Crippen molar-refractivity contribution in [1.29, 1.82) is 0 Å². The van der Waals surface area contributed by atoms with Gasteiger partial charge in [0.15, 0.2) is 0 Å². The molecule has 0 amide bonds. The van der Waals surface area contributed by atoms with E-state index in [9.17, 15) is 4.79 Å². The third kappa shape index (κ3) is 2.94. The highest BCUT2D eigenvalue weighted by Crippen LogP contribution is 2.22. The first-order valence-electron chi connectivity index (χ1n) is 4.93. The Morgan fingerprint density at radius 1 is 1.25 bits per heavy atom. The van der Waals surface area contributed by atoms with E-state index in [1.165, 1.54) is 12.8 Å². The summed E-state index contributed by atoms with van der Waals surface area (Å²) in [5.41, 5.74) is 0. The molecule has 1 fully saturated rings. The van der Waals surface area contributed by atoms with Gasteiger partial charge < -0.3 is 10.1 Å². The van der Waals surface area contributed by atoms with E-state index in [0.717, 1.165) is 19.1 Å². The largest absolute Gasteiger partial charge is 0.312 e. The van der Waals surface area contributed by atoms with E-state index in [0.29, 0.717) is 18.0 Å². The average molecular weight is 169 g/mol. The monoisotopic (exact) mass is 169 g/mol. The van der Waals surface area contributed by atoms with Gasteiger partial charge in [0.25, 0.3) is 0 Å². The molecule has 0 spiro atoms. The summed E-state index contributed by atoms with van der Waals surface area (Å²) in [4.78, 5) is 10.5. The van der Waals surface area contributed by atoms with E-state index in [1.54, 1.807) is 0 Å². The standard InChI is InChI=1S/C10H19NO/c1-8(2)11-10-5-3-9(7-12)4-6-10/h7-11H,3-6H2,1-2H3. The maximum Gasteiger partial charge on any atom is 0.123 e. The zero-order valence-electron chi connectivity index (χ0n) is 8.05. The lowest BCUT2D eigenvalue weighted by atomic mass is 9.87. The van der Waals surface area contributed by atoms with Gasteiger partial charge in [-0.05, 0) is 25.7 Å². The lowest BCUT2D eigenvalue weighted by molar-refractivity contribution is -0.112. The molecule has 0 radical (unpaired) electrons. The van der Waals surface area contributed by atoms with Crippen molar-refractivity contribution in [2.75, 3.05) is 0 Å². The van der Waals surface area contributed by atoms with Crippen LogP contribution in [0.15, 0.2) is 0 Å². The molecule has 70 valence electrons. The first-order chi connectivity index (χ1) is 5.72. The van der Waals surface area contributed by atoms with Gasteiger partial charge in [-0.2, -0.15) is 0 Å². The molecule has 2 heteroatoms. The zero-order chi connectivity index (χ0) is 8.97. The summed E-state index contributed by atoms with van der Waals surface area (Å²) < 4.78 is 0. The fraction of sp³-hybridized carbons (Fsp3) is 0.900. The predicted octanol–water partition coefficient (Wildman–Crippen LogP) is 1.74. The quantitative estimate of drug-likeness (QED) is 0.652. The molecule has 2 nitrogen and oxygen atoms in total. The smallest absolute Gasteiger partial charge is 0.123 e. The second kappa shape index (κ2) is 4.61. The second-order valence-corrected chi connectivity index (χ2v) is 4.07. The number of carbonyl (C=O) groups excluding carboxylic acids is 1. The van der Waals surface area contributed by atoms with Gasteiger partial charge in [0.05, 0.1) is 0 Å². The number of nitrogens with one attached hydrogen (secondary N) is 1. The Kier molecular flexibility index (Phi) is 3.73. The van der Waals surface area contributed by atoms with Crippen LogP contribution in [0.2, 0.25) is 0 Å². The van der Waals surface area contributed by atoms with Crippen LogP contribution in [-0.4, -0.2) is 18.4 Å². The molecular weight excluding hydrogens is 150 g/mol. The van der Waals surface area contributed by atoms with E-state index < -0.39 is 0 Å². The highest BCUT2D eigenvalue weighted by Gasteiger charge is 2.20. The van der Waals surface area contributed by atoms with Crippen LogP contribution in [0.25, 0.3) is 0 Å². The second-order valence-electron chi connectivity index (χ2n) is 4.07. The molecule has 0 aliphatic heterocycles. The van der Waals surface area contributed by atoms with Gasteiger partial charge in [-0.3, -0.25) is 0 Å². The van der Waals surface area contributed by atoms with E-state index >= 15 is 0 Å². The molecule has 0 aromatic heterocycles. The van der Waals surface area contributed by atoms with Crippen molar-refractivity contribution in [2.45, 2.75) is 51.6 Å². The molecule has 1 saturated carbocycles. The van der Waals surface area contributed by atoms with Gasteiger partial charge in [-0.1, -0.05) is 13.8 Å². The molecule has 12 heavy (non-hydrogen) atoms. The summed E-state index contributed by atoms with van der Waals surface area (Å²) in [5, 5.41) is 3.51. The average Bonchev–Trinajstić information content (AvgIpc) is 2.05. The Morgan fingerprint density at radius 3 is 2.25 bits per heavy atom. The number of hydrogen-bond acceptors (Lipinski definition) is 2. The molecular formula is C10H19NO. The highest BCUT2D eigenvalue weighted by molar-refractivity contribution is 5.53. The number of hydrogen-bond donors (Lipinski definition) is 1. The molecule has 0 aromatic rings. The van der Waals surface area contributed by atoms with Crippen LogP contribution in [0.1, 0.15) is 39.5 Å². The maximum absolute atomic E-state index is 10.5. The summed E-state index contributed by atoms with van der Waals surface area (Å²) in [7, 11) is 0. The van der Waals surface area contributed by atoms with Crippen LogP contribution in [0.4, 0.5) is 0 Å². The Hall–Kier alpha value is -0.370. The molecule has 0 aromatic carbocycles. The Morgan fingerprint density at radius 2 is 1.83 bits per heavy atom. The minimum atomic E-state index is 0.343. The Labute approximate surface area is 74.7 Å². The molecule has 0 bridgehead atoms. The fourth-order valence-corrected chi connectivity index (χ4v) is 1.89. The van der Waals surface area contributed by atoms with Crippen LogP contribution in [0, 0.1) is 5.92 Å². The van der Waals surface area contributed by atoms with Crippen LogP contribution in [-0.2, 0) is 4.79 Å². The molecule has 0 unspecified atom stereocenters. The van der Waals surface area contributed by atoms with Crippen LogP contribution in [0.5, 0.6) is 0 Å². The van der Waals surface area contributed by atoms with Crippen molar-refractivity contribution in [1.82, 2.24) is 5.32 Å². The third-order valence-corrected chi connectivity index (χ3v) is 2.53. The lowest BCUT2D eigenvalue weighted by Gasteiger charge is -2.27. The summed E-state index contributed by atoms with van der Waals surface area (Å²) in [6, 6.07) is 1.23. The van der Waals surface area contributed by atoms with Gasteiger partial charge >= 0.3 is 0 Å².